The highest BCUT2D eigenvalue weighted by molar-refractivity contribution is 7.92. The molecule has 0 aliphatic carbocycles. The van der Waals surface area contributed by atoms with Crippen LogP contribution in [0.25, 0.3) is 32.7 Å². The number of anilines is 1. The number of nitrogens with two attached hydrogens (primary N) is 3. The van der Waals surface area contributed by atoms with Gasteiger partial charge >= 0.3 is 12.1 Å². The van der Waals surface area contributed by atoms with Crippen LogP contribution < -0.4 is 16.6 Å². The van der Waals surface area contributed by atoms with E-state index in [2.05, 4.69) is 30.3 Å². The summed E-state index contributed by atoms with van der Waals surface area (Å²) >= 11 is 1.16. The minimum absolute atomic E-state index is 0.0829. The molecule has 4 aromatic rings. The first-order valence-corrected chi connectivity index (χ1v) is 16.1. The number of hydrogen-bond donors (Lipinski definition) is 4. The van der Waals surface area contributed by atoms with Crippen molar-refractivity contribution in [2.24, 2.45) is 10.9 Å². The van der Waals surface area contributed by atoms with Crippen LogP contribution in [-0.4, -0.2) is 77.7 Å². The maximum Gasteiger partial charge on any atom is 0.490 e. The van der Waals surface area contributed by atoms with E-state index >= 15 is 0 Å². The normalized spacial score (nSPS) is 17.7. The van der Waals surface area contributed by atoms with Gasteiger partial charge in [0.2, 0.25) is 20.0 Å². The number of ether oxygens (including phenoxy) is 1. The number of esters is 1. The highest BCUT2D eigenvalue weighted by Crippen LogP contribution is 2.43. The second-order valence-corrected chi connectivity index (χ2v) is 13.8. The fourth-order valence-electron chi connectivity index (χ4n) is 4.91. The number of thiazole rings is 1. The highest BCUT2D eigenvalue weighted by Gasteiger charge is 2.46. The number of fused-ring (bicyclic) bond motifs is 1. The molecular formula is C22H22F3N9O6S3. The number of nitrogens with one attached hydrogen (secondary N) is 1. The van der Waals surface area contributed by atoms with Crippen LogP contribution in [-0.2, 0) is 29.6 Å². The van der Waals surface area contributed by atoms with E-state index in [-0.39, 0.29) is 41.5 Å². The SMILES string of the molecule is Nc1nc2c(-c3ccc(S(=O)(=O)N4CCCCC4C(N)OC(=O)C(F)(F)F)c(S(N)(=O)=O)c3-c3nnn[nH]3)cccc2s1. The molecule has 15 nitrogen and oxygen atoms in total. The van der Waals surface area contributed by atoms with E-state index in [4.69, 9.17) is 16.6 Å². The summed E-state index contributed by atoms with van der Waals surface area (Å²) in [5, 5.41) is 19.0. The second kappa shape index (κ2) is 11.1. The van der Waals surface area contributed by atoms with E-state index in [9.17, 15) is 34.8 Å². The molecule has 2 atom stereocenters. The third-order valence-electron chi connectivity index (χ3n) is 6.65. The van der Waals surface area contributed by atoms with Gasteiger partial charge in [0.25, 0.3) is 0 Å². The maximum absolute atomic E-state index is 14.1. The molecule has 2 aromatic heterocycles. The number of tetrazole rings is 1. The van der Waals surface area contributed by atoms with Gasteiger partial charge in [-0.1, -0.05) is 36.0 Å². The molecule has 1 saturated heterocycles. The number of aromatic nitrogens is 5. The molecule has 0 saturated carbocycles. The van der Waals surface area contributed by atoms with Crippen molar-refractivity contribution in [1.82, 2.24) is 29.9 Å². The number of sulfonamides is 2. The minimum atomic E-state index is -5.38. The van der Waals surface area contributed by atoms with Crippen LogP contribution in [0.3, 0.4) is 0 Å². The Hall–Kier alpha value is -3.76. The lowest BCUT2D eigenvalue weighted by Gasteiger charge is -2.37. The number of benzene rings is 2. The Balaban J connectivity index is 1.73. The number of H-pyrrole nitrogens is 1. The van der Waals surface area contributed by atoms with Gasteiger partial charge in [-0.25, -0.2) is 36.9 Å². The number of aromatic amines is 1. The van der Waals surface area contributed by atoms with Crippen molar-refractivity contribution in [3.63, 3.8) is 0 Å². The monoisotopic (exact) mass is 661 g/mol. The topological polar surface area (TPSA) is 243 Å². The van der Waals surface area contributed by atoms with Crippen LogP contribution in [0.5, 0.6) is 0 Å². The Morgan fingerprint density at radius 2 is 1.88 bits per heavy atom. The molecule has 0 radical (unpaired) electrons. The number of hydrogen-bond acceptors (Lipinski definition) is 13. The number of alkyl halides is 3. The molecule has 0 amide bonds. The van der Waals surface area contributed by atoms with Gasteiger partial charge in [-0.05, 0) is 41.0 Å². The number of carbonyl (C=O) groups is 1. The molecule has 0 bridgehead atoms. The number of piperidine rings is 1. The highest BCUT2D eigenvalue weighted by atomic mass is 32.2. The summed E-state index contributed by atoms with van der Waals surface area (Å²) in [4.78, 5) is 14.0. The Labute approximate surface area is 245 Å². The first-order chi connectivity index (χ1) is 20.1. The fraction of sp³-hybridized carbons (Fsp3) is 0.318. The molecule has 0 spiro atoms. The number of nitrogens with zero attached hydrogens (tertiary/aromatic N) is 5. The number of rotatable bonds is 7. The van der Waals surface area contributed by atoms with E-state index in [1.807, 2.05) is 0 Å². The number of nitrogen functional groups attached to an aromatic ring is 1. The second-order valence-electron chi connectivity index (χ2n) is 9.36. The van der Waals surface area contributed by atoms with Crippen LogP contribution in [0, 0.1) is 0 Å². The summed E-state index contributed by atoms with van der Waals surface area (Å²) in [6.45, 7) is -0.271. The zero-order chi connectivity index (χ0) is 31.3. The van der Waals surface area contributed by atoms with Gasteiger partial charge in [-0.15, -0.1) is 5.10 Å². The van der Waals surface area contributed by atoms with Crippen molar-refractivity contribution in [2.45, 2.75) is 47.5 Å². The van der Waals surface area contributed by atoms with E-state index in [1.54, 1.807) is 18.2 Å². The van der Waals surface area contributed by atoms with Crippen LogP contribution >= 0.6 is 11.3 Å². The van der Waals surface area contributed by atoms with Crippen molar-refractivity contribution >= 4 is 52.7 Å². The lowest BCUT2D eigenvalue weighted by Crippen LogP contribution is -2.55. The van der Waals surface area contributed by atoms with Crippen LogP contribution in [0.2, 0.25) is 0 Å². The van der Waals surface area contributed by atoms with Gasteiger partial charge in [-0.2, -0.15) is 17.5 Å². The quantitative estimate of drug-likeness (QED) is 0.162. The molecule has 230 valence electrons. The Bertz CT molecular complexity index is 1920. The molecule has 2 aromatic carbocycles. The summed E-state index contributed by atoms with van der Waals surface area (Å²) in [6.07, 6.45) is -6.89. The molecule has 43 heavy (non-hydrogen) atoms. The molecule has 1 fully saturated rings. The van der Waals surface area contributed by atoms with Crippen LogP contribution in [0.4, 0.5) is 18.3 Å². The van der Waals surface area contributed by atoms with E-state index in [0.29, 0.717) is 26.5 Å². The molecule has 2 unspecified atom stereocenters. The summed E-state index contributed by atoms with van der Waals surface area (Å²) < 4.78 is 98.8. The number of halogens is 3. The van der Waals surface area contributed by atoms with E-state index in [0.717, 1.165) is 17.4 Å². The summed E-state index contributed by atoms with van der Waals surface area (Å²) in [6, 6.07) is 5.81. The van der Waals surface area contributed by atoms with Crippen molar-refractivity contribution in [1.29, 1.82) is 0 Å². The molecule has 3 heterocycles. The predicted octanol–water partition coefficient (Wildman–Crippen LogP) is 1.31. The first-order valence-electron chi connectivity index (χ1n) is 12.2. The number of primary sulfonamides is 1. The zero-order valence-corrected chi connectivity index (χ0v) is 24.1. The van der Waals surface area contributed by atoms with Crippen molar-refractivity contribution in [3.8, 4) is 22.5 Å². The van der Waals surface area contributed by atoms with E-state index in [1.165, 1.54) is 6.07 Å². The van der Waals surface area contributed by atoms with Crippen LogP contribution in [0.1, 0.15) is 19.3 Å². The van der Waals surface area contributed by atoms with Crippen LogP contribution in [0.15, 0.2) is 40.1 Å². The third-order valence-corrected chi connectivity index (χ3v) is 10.6. The summed E-state index contributed by atoms with van der Waals surface area (Å²) in [5.41, 5.74) is 12.2. The van der Waals surface area contributed by atoms with Gasteiger partial charge in [0.15, 0.2) is 17.2 Å². The van der Waals surface area contributed by atoms with Gasteiger partial charge in [-0.3, -0.25) is 5.73 Å². The predicted molar refractivity (Wildman–Crippen MR) is 146 cm³/mol. The Kier molecular flexibility index (Phi) is 7.89. The lowest BCUT2D eigenvalue weighted by molar-refractivity contribution is -0.207. The third kappa shape index (κ3) is 5.78. The van der Waals surface area contributed by atoms with Crippen molar-refractivity contribution in [3.05, 3.63) is 30.3 Å². The minimum Gasteiger partial charge on any atom is -0.438 e. The average Bonchev–Trinajstić information content (AvgIpc) is 3.60. The summed E-state index contributed by atoms with van der Waals surface area (Å²) in [7, 11) is -9.78. The molecule has 5 rings (SSSR count). The molecule has 1 aliphatic rings. The lowest BCUT2D eigenvalue weighted by atomic mass is 9.98. The number of carbonyl (C=O) groups excluding carboxylic acids is 1. The summed E-state index contributed by atoms with van der Waals surface area (Å²) in [5.74, 6) is -2.86. The van der Waals surface area contributed by atoms with Crippen molar-refractivity contribution in [2.75, 3.05) is 12.3 Å². The molecule has 7 N–H and O–H groups in total. The zero-order valence-electron chi connectivity index (χ0n) is 21.6. The smallest absolute Gasteiger partial charge is 0.438 e. The molecule has 21 heteroatoms. The van der Waals surface area contributed by atoms with Gasteiger partial charge < -0.3 is 10.5 Å². The van der Waals surface area contributed by atoms with Gasteiger partial charge in [0.1, 0.15) is 9.79 Å². The molecule has 1 aliphatic heterocycles. The van der Waals surface area contributed by atoms with Gasteiger partial charge in [0.05, 0.1) is 21.8 Å². The number of para-hydroxylation sites is 1. The van der Waals surface area contributed by atoms with Crippen molar-refractivity contribution < 1.29 is 39.5 Å². The maximum atomic E-state index is 14.1. The Morgan fingerprint density at radius 3 is 2.53 bits per heavy atom. The van der Waals surface area contributed by atoms with Gasteiger partial charge in [0, 0.05) is 12.1 Å². The largest absolute Gasteiger partial charge is 0.490 e. The fourth-order valence-corrected chi connectivity index (χ4v) is 8.96. The average molecular weight is 662 g/mol. The first kappa shape index (κ1) is 30.7. The standard InChI is InChI=1S/C22H22F3N9O6S3/c23-22(24,25)20(35)40-18(26)12-5-1-2-9-34(12)43(38,39)14-8-7-10(11-4-3-6-13-16(11)29-21(27)41-13)15(17(14)42(28,36)37)19-30-32-33-31-19/h3-4,6-8,12,18H,1-2,5,9,26H2,(H2,27,29)(H2,28,36,37)(H,30,31,32,33). The Morgan fingerprint density at radius 1 is 1.14 bits per heavy atom. The molecular weight excluding hydrogens is 639 g/mol. The van der Waals surface area contributed by atoms with E-state index < -0.39 is 54.3 Å².